The van der Waals surface area contributed by atoms with Crippen molar-refractivity contribution in [3.8, 4) is 0 Å². The molecule has 1 heterocycles. The minimum atomic E-state index is -3.50. The number of hydrogen-bond donors (Lipinski definition) is 1. The first-order valence-corrected chi connectivity index (χ1v) is 11.3. The van der Waals surface area contributed by atoms with Crippen LogP contribution < -0.4 is 5.32 Å². The van der Waals surface area contributed by atoms with Crippen LogP contribution in [0.2, 0.25) is 0 Å². The highest BCUT2D eigenvalue weighted by atomic mass is 32.2. The van der Waals surface area contributed by atoms with Gasteiger partial charge in [0.2, 0.25) is 5.91 Å². The number of hydrogen-bond acceptors (Lipinski definition) is 5. The predicted molar refractivity (Wildman–Crippen MR) is 114 cm³/mol. The first-order chi connectivity index (χ1) is 13.4. The summed E-state index contributed by atoms with van der Waals surface area (Å²) in [6.07, 6.45) is -0.118. The Morgan fingerprint density at radius 2 is 1.79 bits per heavy atom. The summed E-state index contributed by atoms with van der Waals surface area (Å²) in [4.78, 5) is 17.0. The first-order valence-electron chi connectivity index (χ1n) is 8.80. The zero-order chi connectivity index (χ0) is 19.7. The van der Waals surface area contributed by atoms with Gasteiger partial charge in [-0.3, -0.25) is 4.79 Å². The van der Waals surface area contributed by atoms with Crippen LogP contribution in [-0.4, -0.2) is 25.1 Å². The summed E-state index contributed by atoms with van der Waals surface area (Å²) in [5, 5.41) is 5.40. The van der Waals surface area contributed by atoms with E-state index in [1.807, 2.05) is 43.3 Å². The first kappa shape index (κ1) is 18.6. The molecule has 4 rings (SSSR count). The molecular weight excluding hydrogens is 392 g/mol. The van der Waals surface area contributed by atoms with Gasteiger partial charge in [0, 0.05) is 11.8 Å². The van der Waals surface area contributed by atoms with Gasteiger partial charge in [0.1, 0.15) is 0 Å². The standard InChI is InChI=1S/C21H18N2O3S2/c1-14-6-9-16(10-7-14)28(25,26)13-12-19(24)23-21-22-18-11-8-15-4-2-3-5-17(15)20(18)27-21/h2-11H,12-13H2,1H3,(H,22,23,24). The maximum absolute atomic E-state index is 12.4. The lowest BCUT2D eigenvalue weighted by Gasteiger charge is -2.05. The lowest BCUT2D eigenvalue weighted by molar-refractivity contribution is -0.115. The summed E-state index contributed by atoms with van der Waals surface area (Å²) in [5.74, 6) is -0.602. The fourth-order valence-corrected chi connectivity index (χ4v) is 5.24. The normalized spacial score (nSPS) is 11.8. The van der Waals surface area contributed by atoms with E-state index in [1.165, 1.54) is 11.3 Å². The van der Waals surface area contributed by atoms with E-state index in [-0.39, 0.29) is 23.0 Å². The van der Waals surface area contributed by atoms with Crippen LogP contribution in [-0.2, 0) is 14.6 Å². The van der Waals surface area contributed by atoms with Crippen LogP contribution in [0.25, 0.3) is 21.0 Å². The molecular formula is C21H18N2O3S2. The summed E-state index contributed by atoms with van der Waals surface area (Å²) in [6.45, 7) is 1.89. The van der Waals surface area contributed by atoms with Gasteiger partial charge in [0.15, 0.2) is 15.0 Å². The number of nitrogens with zero attached hydrogens (tertiary/aromatic N) is 1. The molecule has 0 bridgehead atoms. The molecule has 0 fully saturated rings. The van der Waals surface area contributed by atoms with E-state index in [4.69, 9.17) is 0 Å². The van der Waals surface area contributed by atoms with Crippen LogP contribution in [0, 0.1) is 6.92 Å². The molecule has 1 N–H and O–H groups in total. The SMILES string of the molecule is Cc1ccc(S(=O)(=O)CCC(=O)Nc2nc3ccc4ccccc4c3s2)cc1. The molecule has 0 saturated carbocycles. The summed E-state index contributed by atoms with van der Waals surface area (Å²) in [7, 11) is -3.50. The van der Waals surface area contributed by atoms with Gasteiger partial charge >= 0.3 is 0 Å². The number of rotatable bonds is 5. The summed E-state index contributed by atoms with van der Waals surface area (Å²) >= 11 is 1.39. The lowest BCUT2D eigenvalue weighted by atomic mass is 10.1. The van der Waals surface area contributed by atoms with E-state index in [0.29, 0.717) is 5.13 Å². The average molecular weight is 411 g/mol. The molecule has 0 saturated heterocycles. The fourth-order valence-electron chi connectivity index (χ4n) is 2.98. The van der Waals surface area contributed by atoms with Gasteiger partial charge in [-0.1, -0.05) is 59.4 Å². The van der Waals surface area contributed by atoms with Gasteiger partial charge in [-0.2, -0.15) is 0 Å². The average Bonchev–Trinajstić information content (AvgIpc) is 3.10. The van der Waals surface area contributed by atoms with Crippen molar-refractivity contribution in [2.45, 2.75) is 18.2 Å². The van der Waals surface area contributed by atoms with Crippen LogP contribution in [0.15, 0.2) is 65.6 Å². The Kier molecular flexibility index (Phi) is 4.87. The van der Waals surface area contributed by atoms with E-state index in [0.717, 1.165) is 26.6 Å². The quantitative estimate of drug-likeness (QED) is 0.523. The van der Waals surface area contributed by atoms with Crippen molar-refractivity contribution < 1.29 is 13.2 Å². The van der Waals surface area contributed by atoms with E-state index in [1.54, 1.807) is 24.3 Å². The molecule has 0 unspecified atom stereocenters. The molecule has 142 valence electrons. The number of sulfone groups is 1. The number of aryl methyl sites for hydroxylation is 1. The van der Waals surface area contributed by atoms with Crippen LogP contribution >= 0.6 is 11.3 Å². The second-order valence-corrected chi connectivity index (χ2v) is 9.69. The van der Waals surface area contributed by atoms with Crippen LogP contribution in [0.3, 0.4) is 0 Å². The predicted octanol–water partition coefficient (Wildman–Crippen LogP) is 4.56. The van der Waals surface area contributed by atoms with E-state index in [2.05, 4.69) is 10.3 Å². The summed E-state index contributed by atoms with van der Waals surface area (Å²) in [5.41, 5.74) is 1.80. The van der Waals surface area contributed by atoms with Crippen molar-refractivity contribution in [3.63, 3.8) is 0 Å². The van der Waals surface area contributed by atoms with Crippen LogP contribution in [0.5, 0.6) is 0 Å². The van der Waals surface area contributed by atoms with Crippen molar-refractivity contribution in [1.29, 1.82) is 0 Å². The highest BCUT2D eigenvalue weighted by Crippen LogP contribution is 2.32. The molecule has 3 aromatic carbocycles. The third-order valence-corrected chi connectivity index (χ3v) is 7.26. The number of thiazole rings is 1. The van der Waals surface area contributed by atoms with Crippen molar-refractivity contribution >= 4 is 53.2 Å². The number of amides is 1. The molecule has 0 aliphatic carbocycles. The zero-order valence-electron chi connectivity index (χ0n) is 15.2. The monoisotopic (exact) mass is 410 g/mol. The fraction of sp³-hybridized carbons (Fsp3) is 0.143. The molecule has 7 heteroatoms. The number of anilines is 1. The Morgan fingerprint density at radius 3 is 2.57 bits per heavy atom. The van der Waals surface area contributed by atoms with Gasteiger partial charge in [-0.15, -0.1) is 0 Å². The molecule has 0 atom stereocenters. The summed E-state index contributed by atoms with van der Waals surface area (Å²) in [6, 6.07) is 18.6. The highest BCUT2D eigenvalue weighted by molar-refractivity contribution is 7.91. The van der Waals surface area contributed by atoms with Crippen LogP contribution in [0.4, 0.5) is 5.13 Å². The second-order valence-electron chi connectivity index (χ2n) is 6.58. The molecule has 0 aliphatic rings. The van der Waals surface area contributed by atoms with Crippen molar-refractivity contribution in [1.82, 2.24) is 4.98 Å². The zero-order valence-corrected chi connectivity index (χ0v) is 16.8. The van der Waals surface area contributed by atoms with Gasteiger partial charge in [-0.05, 0) is 30.5 Å². The number of fused-ring (bicyclic) bond motifs is 3. The van der Waals surface area contributed by atoms with Crippen molar-refractivity contribution in [2.24, 2.45) is 0 Å². The largest absolute Gasteiger partial charge is 0.302 e. The number of carbonyl (C=O) groups is 1. The van der Waals surface area contributed by atoms with Gasteiger partial charge in [0.25, 0.3) is 0 Å². The van der Waals surface area contributed by atoms with Crippen molar-refractivity contribution in [3.05, 3.63) is 66.2 Å². The number of benzene rings is 3. The third-order valence-electron chi connectivity index (χ3n) is 4.50. The molecule has 0 spiro atoms. The number of carbonyl (C=O) groups excluding carboxylic acids is 1. The Hall–Kier alpha value is -2.77. The topological polar surface area (TPSA) is 76.1 Å². The minimum Gasteiger partial charge on any atom is -0.302 e. The highest BCUT2D eigenvalue weighted by Gasteiger charge is 2.17. The molecule has 5 nitrogen and oxygen atoms in total. The third kappa shape index (κ3) is 3.76. The Morgan fingerprint density at radius 1 is 1.04 bits per heavy atom. The Labute approximate surface area is 167 Å². The van der Waals surface area contributed by atoms with Crippen molar-refractivity contribution in [2.75, 3.05) is 11.1 Å². The molecule has 4 aromatic rings. The smallest absolute Gasteiger partial charge is 0.227 e. The number of aromatic nitrogens is 1. The number of nitrogens with one attached hydrogen (secondary N) is 1. The van der Waals surface area contributed by atoms with E-state index < -0.39 is 9.84 Å². The van der Waals surface area contributed by atoms with Gasteiger partial charge in [0.05, 0.1) is 20.9 Å². The summed E-state index contributed by atoms with van der Waals surface area (Å²) < 4.78 is 25.8. The Bertz CT molecular complexity index is 1280. The molecule has 1 amide bonds. The lowest BCUT2D eigenvalue weighted by Crippen LogP contribution is -2.17. The van der Waals surface area contributed by atoms with Gasteiger partial charge < -0.3 is 5.32 Å². The van der Waals surface area contributed by atoms with E-state index in [9.17, 15) is 13.2 Å². The molecule has 1 aromatic heterocycles. The molecule has 28 heavy (non-hydrogen) atoms. The minimum absolute atomic E-state index is 0.118. The van der Waals surface area contributed by atoms with E-state index >= 15 is 0 Å². The maximum atomic E-state index is 12.4. The Balaban J connectivity index is 1.48. The van der Waals surface area contributed by atoms with Gasteiger partial charge in [-0.25, -0.2) is 13.4 Å². The second kappa shape index (κ2) is 7.33. The maximum Gasteiger partial charge on any atom is 0.227 e. The van der Waals surface area contributed by atoms with Crippen LogP contribution in [0.1, 0.15) is 12.0 Å². The molecule has 0 aliphatic heterocycles. The molecule has 0 radical (unpaired) electrons.